The number of anilines is 1. The first-order valence-electron chi connectivity index (χ1n) is 6.07. The maximum absolute atomic E-state index is 12.3. The van der Waals surface area contributed by atoms with Gasteiger partial charge in [0.05, 0.1) is 27.9 Å². The first-order chi connectivity index (χ1) is 9.72. The van der Waals surface area contributed by atoms with Crippen LogP contribution in [0.2, 0.25) is 0 Å². The first kappa shape index (κ1) is 15.0. The number of benzene rings is 1. The van der Waals surface area contributed by atoms with E-state index in [1.807, 2.05) is 0 Å². The van der Waals surface area contributed by atoms with E-state index in [0.29, 0.717) is 17.1 Å². The molecule has 0 fully saturated rings. The van der Waals surface area contributed by atoms with Crippen LogP contribution in [0.4, 0.5) is 5.69 Å². The van der Waals surface area contributed by atoms with Crippen molar-refractivity contribution in [1.29, 1.82) is 0 Å². The van der Waals surface area contributed by atoms with Gasteiger partial charge in [-0.1, -0.05) is 12.1 Å². The summed E-state index contributed by atoms with van der Waals surface area (Å²) in [7, 11) is -2.19. The predicted octanol–water partition coefficient (Wildman–Crippen LogP) is 0.201. The number of nitrogens with zero attached hydrogens (tertiary/aromatic N) is 2. The fourth-order valence-electron chi connectivity index (χ4n) is 1.90. The van der Waals surface area contributed by atoms with E-state index in [-0.39, 0.29) is 10.5 Å². The van der Waals surface area contributed by atoms with Gasteiger partial charge in [-0.15, -0.1) is 0 Å². The molecule has 0 amide bonds. The van der Waals surface area contributed by atoms with Gasteiger partial charge in [-0.3, -0.25) is 9.40 Å². The number of carboxylic acid groups (broad SMARTS) is 1. The maximum atomic E-state index is 12.3. The largest absolute Gasteiger partial charge is 0.545 e. The Bertz CT molecular complexity index is 809. The molecule has 7 nitrogen and oxygen atoms in total. The maximum Gasteiger partial charge on any atom is 0.262 e. The summed E-state index contributed by atoms with van der Waals surface area (Å²) in [6.07, 6.45) is 0. The number of carbonyl (C=O) groups is 1. The molecule has 0 atom stereocenters. The van der Waals surface area contributed by atoms with Gasteiger partial charge < -0.3 is 9.90 Å². The highest BCUT2D eigenvalue weighted by molar-refractivity contribution is 7.92. The van der Waals surface area contributed by atoms with Gasteiger partial charge in [0.2, 0.25) is 0 Å². The molecule has 0 aliphatic carbocycles. The number of carboxylic acids is 1. The molecule has 0 spiro atoms. The second kappa shape index (κ2) is 5.21. The fraction of sp³-hybridized carbons (Fsp3) is 0.231. The molecule has 2 aromatic rings. The zero-order valence-electron chi connectivity index (χ0n) is 11.7. The highest BCUT2D eigenvalue weighted by atomic mass is 32.2. The minimum Gasteiger partial charge on any atom is -0.545 e. The topological polar surface area (TPSA) is 104 Å². The van der Waals surface area contributed by atoms with Gasteiger partial charge in [0.15, 0.2) is 0 Å². The fourth-order valence-corrected chi connectivity index (χ4v) is 3.13. The van der Waals surface area contributed by atoms with E-state index in [0.717, 1.165) is 6.07 Å². The quantitative estimate of drug-likeness (QED) is 0.869. The summed E-state index contributed by atoms with van der Waals surface area (Å²) in [6, 6.07) is 4.99. The van der Waals surface area contributed by atoms with Gasteiger partial charge in [-0.2, -0.15) is 5.10 Å². The van der Waals surface area contributed by atoms with E-state index < -0.39 is 16.0 Å². The number of carbonyl (C=O) groups excluding carboxylic acids is 1. The Kier molecular flexibility index (Phi) is 3.73. The number of nitrogens with one attached hydrogen (secondary N) is 1. The van der Waals surface area contributed by atoms with Crippen LogP contribution in [0.25, 0.3) is 0 Å². The summed E-state index contributed by atoms with van der Waals surface area (Å²) in [5, 5.41) is 14.9. The smallest absolute Gasteiger partial charge is 0.262 e. The number of aromatic nitrogens is 2. The molecule has 0 saturated carbocycles. The lowest BCUT2D eigenvalue weighted by atomic mass is 10.2. The lowest BCUT2D eigenvalue weighted by molar-refractivity contribution is -0.255. The van der Waals surface area contributed by atoms with Crippen molar-refractivity contribution in [3.05, 3.63) is 41.2 Å². The van der Waals surface area contributed by atoms with Crippen LogP contribution in [0.3, 0.4) is 0 Å². The molecule has 0 bridgehead atoms. The molecule has 8 heteroatoms. The van der Waals surface area contributed by atoms with Gasteiger partial charge in [0.1, 0.15) is 0 Å². The van der Waals surface area contributed by atoms with Crippen LogP contribution in [0.1, 0.15) is 21.7 Å². The van der Waals surface area contributed by atoms with Crippen LogP contribution < -0.4 is 9.83 Å². The van der Waals surface area contributed by atoms with Crippen molar-refractivity contribution in [3.63, 3.8) is 0 Å². The van der Waals surface area contributed by atoms with E-state index in [2.05, 4.69) is 9.82 Å². The molecule has 2 rings (SSSR count). The number of aryl methyl sites for hydroxylation is 2. The van der Waals surface area contributed by atoms with Crippen molar-refractivity contribution in [2.75, 3.05) is 4.72 Å². The van der Waals surface area contributed by atoms with E-state index in [4.69, 9.17) is 0 Å². The SMILES string of the molecule is Cc1nn(C)c(C)c1NS(=O)(=O)c1cccc(C(=O)[O-])c1. The number of hydrogen-bond acceptors (Lipinski definition) is 5. The standard InChI is InChI=1S/C13H15N3O4S/c1-8-12(9(2)16(3)14-8)15-21(19,20)11-6-4-5-10(7-11)13(17)18/h4-7,15H,1-3H3,(H,17,18)/p-1. The van der Waals surface area contributed by atoms with Gasteiger partial charge in [-0.25, -0.2) is 8.42 Å². The van der Waals surface area contributed by atoms with Crippen molar-refractivity contribution < 1.29 is 18.3 Å². The zero-order valence-corrected chi connectivity index (χ0v) is 12.6. The molecule has 1 N–H and O–H groups in total. The highest BCUT2D eigenvalue weighted by Crippen LogP contribution is 2.23. The van der Waals surface area contributed by atoms with Gasteiger partial charge in [0.25, 0.3) is 10.0 Å². The van der Waals surface area contributed by atoms with E-state index in [1.165, 1.54) is 18.2 Å². The molecule has 0 unspecified atom stereocenters. The third-order valence-corrected chi connectivity index (χ3v) is 4.47. The number of sulfonamides is 1. The van der Waals surface area contributed by atoms with Crippen LogP contribution >= 0.6 is 0 Å². The van der Waals surface area contributed by atoms with Crippen molar-refractivity contribution >= 4 is 21.7 Å². The molecule has 0 saturated heterocycles. The Morgan fingerprint density at radius 3 is 2.52 bits per heavy atom. The van der Waals surface area contributed by atoms with Crippen molar-refractivity contribution in [2.24, 2.45) is 7.05 Å². The molecule has 1 aromatic carbocycles. The Labute approximate surface area is 122 Å². The third-order valence-electron chi connectivity index (χ3n) is 3.13. The molecule has 1 heterocycles. The predicted molar refractivity (Wildman–Crippen MR) is 74.3 cm³/mol. The second-order valence-corrected chi connectivity index (χ2v) is 6.27. The van der Waals surface area contributed by atoms with Gasteiger partial charge in [0, 0.05) is 7.05 Å². The Morgan fingerprint density at radius 1 is 1.33 bits per heavy atom. The molecular weight excluding hydrogens is 294 g/mol. The van der Waals surface area contributed by atoms with Crippen molar-refractivity contribution in [2.45, 2.75) is 18.7 Å². The molecular formula is C13H14N3O4S-. The number of rotatable bonds is 4. The highest BCUT2D eigenvalue weighted by Gasteiger charge is 2.19. The summed E-state index contributed by atoms with van der Waals surface area (Å²) in [5.41, 5.74) is 1.38. The normalized spacial score (nSPS) is 11.4. The van der Waals surface area contributed by atoms with Gasteiger partial charge >= 0.3 is 0 Å². The lowest BCUT2D eigenvalue weighted by Gasteiger charge is -2.10. The number of hydrogen-bond donors (Lipinski definition) is 1. The van der Waals surface area contributed by atoms with E-state index >= 15 is 0 Å². The van der Waals surface area contributed by atoms with Crippen molar-refractivity contribution in [1.82, 2.24) is 9.78 Å². The molecule has 0 aliphatic rings. The van der Waals surface area contributed by atoms with E-state index in [9.17, 15) is 18.3 Å². The molecule has 0 radical (unpaired) electrons. The summed E-state index contributed by atoms with van der Waals surface area (Å²) in [5.74, 6) is -1.43. The zero-order chi connectivity index (χ0) is 15.8. The summed E-state index contributed by atoms with van der Waals surface area (Å²) in [4.78, 5) is 10.7. The number of aromatic carboxylic acids is 1. The molecule has 0 aliphatic heterocycles. The Hall–Kier alpha value is -2.35. The average molecular weight is 308 g/mol. The van der Waals surface area contributed by atoms with Crippen molar-refractivity contribution in [3.8, 4) is 0 Å². The summed E-state index contributed by atoms with van der Waals surface area (Å²) < 4.78 is 28.7. The summed E-state index contributed by atoms with van der Waals surface area (Å²) >= 11 is 0. The second-order valence-electron chi connectivity index (χ2n) is 4.59. The van der Waals surface area contributed by atoms with E-state index in [1.54, 1.807) is 25.6 Å². The average Bonchev–Trinajstić information content (AvgIpc) is 2.65. The minimum absolute atomic E-state index is 0.146. The summed E-state index contributed by atoms with van der Waals surface area (Å²) in [6.45, 7) is 3.41. The lowest BCUT2D eigenvalue weighted by Crippen LogP contribution is -2.23. The molecule has 21 heavy (non-hydrogen) atoms. The third kappa shape index (κ3) is 2.89. The van der Waals surface area contributed by atoms with Crippen LogP contribution in [0.5, 0.6) is 0 Å². The Balaban J connectivity index is 2.43. The van der Waals surface area contributed by atoms with Crippen LogP contribution in [0, 0.1) is 13.8 Å². The van der Waals surface area contributed by atoms with Crippen LogP contribution in [0.15, 0.2) is 29.2 Å². The minimum atomic E-state index is -3.90. The van der Waals surface area contributed by atoms with Crippen LogP contribution in [-0.4, -0.2) is 24.2 Å². The molecule has 112 valence electrons. The monoisotopic (exact) mass is 308 g/mol. The van der Waals surface area contributed by atoms with Gasteiger partial charge in [-0.05, 0) is 31.5 Å². The first-order valence-corrected chi connectivity index (χ1v) is 7.55. The Morgan fingerprint density at radius 2 is 2.00 bits per heavy atom. The van der Waals surface area contributed by atoms with Crippen LogP contribution in [-0.2, 0) is 17.1 Å². The molecule has 1 aromatic heterocycles.